The third-order valence-corrected chi connectivity index (χ3v) is 5.15. The van der Waals surface area contributed by atoms with E-state index in [1.54, 1.807) is 0 Å². The van der Waals surface area contributed by atoms with Crippen LogP contribution in [0.4, 0.5) is 0 Å². The molecule has 2 aromatic rings. The number of hydrogen-bond acceptors (Lipinski definition) is 4. The number of fused-ring (bicyclic) bond motifs is 1. The molecule has 7 nitrogen and oxygen atoms in total. The molecular formula is C22H31N5O2. The van der Waals surface area contributed by atoms with Crippen LogP contribution in [0, 0.1) is 0 Å². The number of imidazole rings is 1. The molecule has 7 heteroatoms. The summed E-state index contributed by atoms with van der Waals surface area (Å²) in [7, 11) is 3.93. The van der Waals surface area contributed by atoms with Crippen molar-refractivity contribution in [1.29, 1.82) is 0 Å². The molecule has 0 unspecified atom stereocenters. The monoisotopic (exact) mass is 397 g/mol. The van der Waals surface area contributed by atoms with E-state index in [0.29, 0.717) is 24.6 Å². The molecule has 2 amide bonds. The standard InChI is InChI=1S/C22H31N5O2/c1-26(2)16-14-24-21(28)19-18-12-6-7-15-27(18)20(25-19)22(29)23-13-8-11-17-9-4-3-5-10-17/h3-5,9-10H,6-8,11-16H2,1-2H3,(H,23,29)(H,24,28). The lowest BCUT2D eigenvalue weighted by Crippen LogP contribution is -2.32. The maximum Gasteiger partial charge on any atom is 0.287 e. The third kappa shape index (κ3) is 5.67. The molecule has 3 rings (SSSR count). The van der Waals surface area contributed by atoms with Gasteiger partial charge in [0.25, 0.3) is 11.8 Å². The summed E-state index contributed by atoms with van der Waals surface area (Å²) in [5.41, 5.74) is 2.54. The van der Waals surface area contributed by atoms with Crippen molar-refractivity contribution in [2.75, 3.05) is 33.7 Å². The molecule has 156 valence electrons. The second-order valence-corrected chi connectivity index (χ2v) is 7.74. The quantitative estimate of drug-likeness (QED) is 0.633. The minimum Gasteiger partial charge on any atom is -0.349 e. The Balaban J connectivity index is 1.61. The van der Waals surface area contributed by atoms with Crippen LogP contribution in [0.15, 0.2) is 30.3 Å². The van der Waals surface area contributed by atoms with E-state index in [-0.39, 0.29) is 11.8 Å². The number of amides is 2. The lowest BCUT2D eigenvalue weighted by molar-refractivity contribution is 0.0937. The van der Waals surface area contributed by atoms with Crippen LogP contribution in [-0.4, -0.2) is 60.0 Å². The molecule has 0 radical (unpaired) electrons. The number of carbonyl (C=O) groups excluding carboxylic acids is 2. The van der Waals surface area contributed by atoms with E-state index in [0.717, 1.165) is 50.9 Å². The van der Waals surface area contributed by atoms with Gasteiger partial charge in [-0.25, -0.2) is 4.98 Å². The molecular weight excluding hydrogens is 366 g/mol. The van der Waals surface area contributed by atoms with E-state index < -0.39 is 0 Å². The maximum absolute atomic E-state index is 12.7. The SMILES string of the molecule is CN(C)CCNC(=O)c1nc(C(=O)NCCCc2ccccc2)n2c1CCCC2. The molecule has 2 heterocycles. The van der Waals surface area contributed by atoms with Crippen LogP contribution in [0.1, 0.15) is 51.6 Å². The van der Waals surface area contributed by atoms with Crippen molar-refractivity contribution in [2.45, 2.75) is 38.6 Å². The molecule has 0 aliphatic carbocycles. The molecule has 0 saturated carbocycles. The fourth-order valence-corrected chi connectivity index (χ4v) is 3.59. The zero-order valence-corrected chi connectivity index (χ0v) is 17.4. The highest BCUT2D eigenvalue weighted by Gasteiger charge is 2.27. The first kappa shape index (κ1) is 21.0. The van der Waals surface area contributed by atoms with Gasteiger partial charge in [0.15, 0.2) is 5.82 Å². The molecule has 0 fully saturated rings. The predicted molar refractivity (Wildman–Crippen MR) is 113 cm³/mol. The smallest absolute Gasteiger partial charge is 0.287 e. The minimum absolute atomic E-state index is 0.194. The molecule has 1 aromatic carbocycles. The van der Waals surface area contributed by atoms with Crippen molar-refractivity contribution < 1.29 is 9.59 Å². The summed E-state index contributed by atoms with van der Waals surface area (Å²) in [6.45, 7) is 2.63. The first-order valence-corrected chi connectivity index (χ1v) is 10.4. The van der Waals surface area contributed by atoms with E-state index in [2.05, 4.69) is 27.8 Å². The van der Waals surface area contributed by atoms with Crippen molar-refractivity contribution >= 4 is 11.8 Å². The van der Waals surface area contributed by atoms with Crippen molar-refractivity contribution in [2.24, 2.45) is 0 Å². The number of hydrogen-bond donors (Lipinski definition) is 2. The summed E-state index contributed by atoms with van der Waals surface area (Å²) in [6.07, 6.45) is 4.58. The van der Waals surface area contributed by atoms with Gasteiger partial charge >= 0.3 is 0 Å². The Morgan fingerprint density at radius 2 is 1.83 bits per heavy atom. The van der Waals surface area contributed by atoms with Gasteiger partial charge in [-0.2, -0.15) is 0 Å². The largest absolute Gasteiger partial charge is 0.349 e. The number of nitrogens with zero attached hydrogens (tertiary/aromatic N) is 3. The van der Waals surface area contributed by atoms with Gasteiger partial charge < -0.3 is 20.1 Å². The number of benzene rings is 1. The Hall–Kier alpha value is -2.67. The highest BCUT2D eigenvalue weighted by molar-refractivity contribution is 5.97. The summed E-state index contributed by atoms with van der Waals surface area (Å²) in [4.78, 5) is 31.8. The number of aryl methyl sites for hydroxylation is 1. The molecule has 0 atom stereocenters. The van der Waals surface area contributed by atoms with Gasteiger partial charge in [0.05, 0.1) is 5.69 Å². The summed E-state index contributed by atoms with van der Waals surface area (Å²) < 4.78 is 1.93. The summed E-state index contributed by atoms with van der Waals surface area (Å²) >= 11 is 0. The lowest BCUT2D eigenvalue weighted by atomic mass is 10.1. The van der Waals surface area contributed by atoms with Crippen LogP contribution in [0.5, 0.6) is 0 Å². The highest BCUT2D eigenvalue weighted by atomic mass is 16.2. The third-order valence-electron chi connectivity index (χ3n) is 5.15. The fourth-order valence-electron chi connectivity index (χ4n) is 3.59. The number of carbonyl (C=O) groups is 2. The number of likely N-dealkylation sites (N-methyl/N-ethyl adjacent to an activating group) is 1. The molecule has 0 spiro atoms. The minimum atomic E-state index is -0.200. The van der Waals surface area contributed by atoms with Crippen molar-refractivity contribution in [1.82, 2.24) is 25.1 Å². The number of rotatable bonds is 9. The van der Waals surface area contributed by atoms with Gasteiger partial charge in [0, 0.05) is 26.2 Å². The van der Waals surface area contributed by atoms with E-state index in [4.69, 9.17) is 0 Å². The number of aromatic nitrogens is 2. The van der Waals surface area contributed by atoms with Crippen molar-refractivity contribution in [3.8, 4) is 0 Å². The summed E-state index contributed by atoms with van der Waals surface area (Å²) in [5.74, 6) is -0.0358. The van der Waals surface area contributed by atoms with Crippen molar-refractivity contribution in [3.05, 3.63) is 53.1 Å². The Labute approximate surface area is 172 Å². The Morgan fingerprint density at radius 3 is 2.59 bits per heavy atom. The van der Waals surface area contributed by atoms with Gasteiger partial charge in [-0.1, -0.05) is 30.3 Å². The highest BCUT2D eigenvalue weighted by Crippen LogP contribution is 2.21. The van der Waals surface area contributed by atoms with Gasteiger partial charge in [-0.05, 0) is 51.8 Å². The van der Waals surface area contributed by atoms with Crippen molar-refractivity contribution in [3.63, 3.8) is 0 Å². The summed E-state index contributed by atoms with van der Waals surface area (Å²) in [6, 6.07) is 10.2. The van der Waals surface area contributed by atoms with Crippen LogP contribution in [0.3, 0.4) is 0 Å². The predicted octanol–water partition coefficient (Wildman–Crippen LogP) is 1.87. The van der Waals surface area contributed by atoms with Crippen LogP contribution < -0.4 is 10.6 Å². The topological polar surface area (TPSA) is 79.3 Å². The van der Waals surface area contributed by atoms with Crippen LogP contribution in [0.25, 0.3) is 0 Å². The fraction of sp³-hybridized carbons (Fsp3) is 0.500. The van der Waals surface area contributed by atoms with E-state index in [1.807, 2.05) is 41.8 Å². The zero-order chi connectivity index (χ0) is 20.6. The van der Waals surface area contributed by atoms with E-state index in [1.165, 1.54) is 5.56 Å². The molecule has 0 bridgehead atoms. The van der Waals surface area contributed by atoms with Crippen LogP contribution in [-0.2, 0) is 19.4 Å². The zero-order valence-electron chi connectivity index (χ0n) is 17.4. The molecule has 1 aliphatic rings. The molecule has 1 aliphatic heterocycles. The Kier molecular flexibility index (Phi) is 7.41. The first-order chi connectivity index (χ1) is 14.1. The maximum atomic E-state index is 12.7. The van der Waals surface area contributed by atoms with Gasteiger partial charge in [-0.3, -0.25) is 9.59 Å². The van der Waals surface area contributed by atoms with Gasteiger partial charge in [0.1, 0.15) is 5.69 Å². The van der Waals surface area contributed by atoms with E-state index >= 15 is 0 Å². The van der Waals surface area contributed by atoms with Crippen LogP contribution in [0.2, 0.25) is 0 Å². The summed E-state index contributed by atoms with van der Waals surface area (Å²) in [5, 5.41) is 5.88. The van der Waals surface area contributed by atoms with E-state index in [9.17, 15) is 9.59 Å². The molecule has 2 N–H and O–H groups in total. The number of nitrogens with one attached hydrogen (secondary N) is 2. The average Bonchev–Trinajstić information content (AvgIpc) is 3.11. The molecule has 0 saturated heterocycles. The van der Waals surface area contributed by atoms with Gasteiger partial charge in [-0.15, -0.1) is 0 Å². The van der Waals surface area contributed by atoms with Crippen LogP contribution >= 0.6 is 0 Å². The van der Waals surface area contributed by atoms with Gasteiger partial charge in [0.2, 0.25) is 0 Å². The lowest BCUT2D eigenvalue weighted by Gasteiger charge is -2.17. The Morgan fingerprint density at radius 1 is 1.07 bits per heavy atom. The normalized spacial score (nSPS) is 13.2. The second kappa shape index (κ2) is 10.2. The molecule has 29 heavy (non-hydrogen) atoms. The molecule has 1 aromatic heterocycles. The first-order valence-electron chi connectivity index (χ1n) is 10.4. The average molecular weight is 398 g/mol. The Bertz CT molecular complexity index is 829. The second-order valence-electron chi connectivity index (χ2n) is 7.74.